The number of hydrogen-bond donors (Lipinski definition) is 0. The van der Waals surface area contributed by atoms with Crippen molar-refractivity contribution in [2.24, 2.45) is 0 Å². The van der Waals surface area contributed by atoms with Crippen molar-refractivity contribution in [2.75, 3.05) is 9.80 Å². The molecule has 0 spiro atoms. The minimum Gasteiger partial charge on any atom is -0.310 e. The van der Waals surface area contributed by atoms with Crippen molar-refractivity contribution in [2.45, 2.75) is 181 Å². The fraction of sp³-hybridized carbons (Fsp3) is 0.483. The molecule has 0 N–H and O–H groups in total. The molecule has 10 rings (SSSR count). The standard InChI is InChI=1S/C58H70N2/c1-33-22-48-51-49(23-33)60(46-28-43-40(24-34(46)2)54(8,9)31-57(43,14)15)45-21-18-35(52(3,4)5)25-37(45)50(51)38-27-42-44(58(16,17)32-56(42,12)13)29-47(38)59(48)36-19-20-39-41(26-36)55(10,11)30-53(39,6)7/h18-29,50H,30-32H2,1-17H3. The molecule has 1 atom stereocenters. The Morgan fingerprint density at radius 1 is 0.433 bits per heavy atom. The highest BCUT2D eigenvalue weighted by atomic mass is 15.2. The van der Waals surface area contributed by atoms with E-state index in [1.807, 2.05) is 0 Å². The van der Waals surface area contributed by atoms with E-state index in [0.717, 1.165) is 19.3 Å². The molecule has 2 nitrogen and oxygen atoms in total. The molecule has 0 bridgehead atoms. The average molecular weight is 795 g/mol. The quantitative estimate of drug-likeness (QED) is 0.172. The number of rotatable bonds is 2. The lowest BCUT2D eigenvalue weighted by molar-refractivity contribution is 0.402. The maximum atomic E-state index is 2.69. The summed E-state index contributed by atoms with van der Waals surface area (Å²) in [5, 5.41) is 0. The van der Waals surface area contributed by atoms with E-state index in [9.17, 15) is 0 Å². The molecule has 0 saturated heterocycles. The van der Waals surface area contributed by atoms with Crippen molar-refractivity contribution in [3.63, 3.8) is 0 Å². The molecule has 0 amide bonds. The van der Waals surface area contributed by atoms with E-state index >= 15 is 0 Å². The molecule has 5 aromatic carbocycles. The van der Waals surface area contributed by atoms with Gasteiger partial charge in [-0.2, -0.15) is 0 Å². The molecule has 0 radical (unpaired) electrons. The zero-order valence-electron chi connectivity index (χ0n) is 40.0. The first-order valence-corrected chi connectivity index (χ1v) is 23.0. The third kappa shape index (κ3) is 5.43. The zero-order valence-corrected chi connectivity index (χ0v) is 40.0. The monoisotopic (exact) mass is 795 g/mol. The number of aryl methyl sites for hydroxylation is 2. The molecule has 2 heterocycles. The lowest BCUT2D eigenvalue weighted by atomic mass is 9.72. The molecular formula is C58H70N2. The maximum absolute atomic E-state index is 2.69. The zero-order chi connectivity index (χ0) is 43.2. The third-order valence-electron chi connectivity index (χ3n) is 16.1. The fourth-order valence-electron chi connectivity index (χ4n) is 14.1. The van der Waals surface area contributed by atoms with Gasteiger partial charge in [0, 0.05) is 22.9 Å². The van der Waals surface area contributed by atoms with Crippen molar-refractivity contribution < 1.29 is 0 Å². The minimum atomic E-state index is 0.00775. The predicted molar refractivity (Wildman–Crippen MR) is 257 cm³/mol. The van der Waals surface area contributed by atoms with Gasteiger partial charge in [0.15, 0.2) is 0 Å². The molecule has 60 heavy (non-hydrogen) atoms. The van der Waals surface area contributed by atoms with Crippen molar-refractivity contribution in [3.8, 4) is 0 Å². The van der Waals surface area contributed by atoms with Crippen LogP contribution in [0.4, 0.5) is 34.1 Å². The number of nitrogens with zero attached hydrogens (tertiary/aromatic N) is 2. The minimum absolute atomic E-state index is 0.00775. The highest BCUT2D eigenvalue weighted by Gasteiger charge is 2.49. The van der Waals surface area contributed by atoms with Gasteiger partial charge in [0.1, 0.15) is 0 Å². The highest BCUT2D eigenvalue weighted by Crippen LogP contribution is 2.64. The first kappa shape index (κ1) is 39.8. The van der Waals surface area contributed by atoms with Gasteiger partial charge in [-0.05, 0) is 175 Å². The van der Waals surface area contributed by atoms with E-state index in [1.54, 1.807) is 0 Å². The fourth-order valence-corrected chi connectivity index (χ4v) is 14.1. The molecular weight excluding hydrogens is 725 g/mol. The van der Waals surface area contributed by atoms with Gasteiger partial charge in [-0.25, -0.2) is 0 Å². The Kier molecular flexibility index (Phi) is 7.82. The van der Waals surface area contributed by atoms with E-state index in [-0.39, 0.29) is 43.8 Å². The smallest absolute Gasteiger partial charge is 0.0527 e. The second kappa shape index (κ2) is 11.8. The first-order valence-electron chi connectivity index (χ1n) is 23.0. The Labute approximate surface area is 362 Å². The molecule has 0 fully saturated rings. The SMILES string of the molecule is Cc1cc2c3c(c1)N(c1cc4c(cc1C)C(C)(C)CC4(C)C)c1ccc(C(C)(C)C)cc1C3c1cc3c(cc1N2c1ccc2c(c1)C(C)(C)CC2(C)C)C(C)(C)CC3(C)C. The molecule has 2 heteroatoms. The number of anilines is 6. The van der Waals surface area contributed by atoms with Gasteiger partial charge in [0.25, 0.3) is 0 Å². The number of fused-ring (bicyclic) bond motifs is 7. The average Bonchev–Trinajstić information content (AvgIpc) is 3.52. The van der Waals surface area contributed by atoms with Crippen LogP contribution in [0.2, 0.25) is 0 Å². The van der Waals surface area contributed by atoms with E-state index in [2.05, 4.69) is 200 Å². The van der Waals surface area contributed by atoms with Gasteiger partial charge in [-0.15, -0.1) is 0 Å². The summed E-state index contributed by atoms with van der Waals surface area (Å²) in [5.41, 5.74) is 25.9. The summed E-state index contributed by atoms with van der Waals surface area (Å²) in [6, 6.07) is 30.4. The molecule has 3 aliphatic carbocycles. The number of hydrogen-bond acceptors (Lipinski definition) is 2. The van der Waals surface area contributed by atoms with Crippen LogP contribution in [0, 0.1) is 13.8 Å². The van der Waals surface area contributed by atoms with Crippen molar-refractivity contribution >= 4 is 34.1 Å². The van der Waals surface area contributed by atoms with Gasteiger partial charge in [0.05, 0.1) is 22.7 Å². The summed E-state index contributed by atoms with van der Waals surface area (Å²) in [5.74, 6) is 0.0927. The van der Waals surface area contributed by atoms with E-state index in [4.69, 9.17) is 0 Å². The summed E-state index contributed by atoms with van der Waals surface area (Å²) in [6.45, 7) is 41.3. The predicted octanol–water partition coefficient (Wildman–Crippen LogP) is 16.2. The summed E-state index contributed by atoms with van der Waals surface area (Å²) in [7, 11) is 0. The topological polar surface area (TPSA) is 6.48 Å². The summed E-state index contributed by atoms with van der Waals surface area (Å²) < 4.78 is 0. The Balaban J connectivity index is 1.32. The van der Waals surface area contributed by atoms with Crippen LogP contribution in [0.5, 0.6) is 0 Å². The van der Waals surface area contributed by atoms with Gasteiger partial charge < -0.3 is 9.80 Å². The molecule has 5 aliphatic rings. The Morgan fingerprint density at radius 3 is 1.47 bits per heavy atom. The second-order valence-electron chi connectivity index (χ2n) is 25.0. The largest absolute Gasteiger partial charge is 0.310 e. The van der Waals surface area contributed by atoms with Gasteiger partial charge in [-0.1, -0.05) is 134 Å². The van der Waals surface area contributed by atoms with Crippen LogP contribution in [0.25, 0.3) is 0 Å². The Morgan fingerprint density at radius 2 is 0.900 bits per heavy atom. The van der Waals surface area contributed by atoms with Crippen LogP contribution in [0.15, 0.2) is 72.8 Å². The highest BCUT2D eigenvalue weighted by molar-refractivity contribution is 5.97. The van der Waals surface area contributed by atoms with Crippen molar-refractivity contribution in [1.82, 2.24) is 0 Å². The van der Waals surface area contributed by atoms with E-state index < -0.39 is 0 Å². The normalized spacial score (nSPS) is 22.4. The van der Waals surface area contributed by atoms with E-state index in [1.165, 1.54) is 101 Å². The lowest BCUT2D eigenvalue weighted by Gasteiger charge is -2.46. The molecule has 5 aromatic rings. The molecule has 1 unspecified atom stereocenters. The van der Waals surface area contributed by atoms with Crippen LogP contribution in [-0.4, -0.2) is 0 Å². The summed E-state index contributed by atoms with van der Waals surface area (Å²) in [4.78, 5) is 5.37. The first-order chi connectivity index (χ1) is 27.6. The van der Waals surface area contributed by atoms with Crippen LogP contribution in [-0.2, 0) is 37.9 Å². The van der Waals surface area contributed by atoms with Crippen LogP contribution in [0.3, 0.4) is 0 Å². The van der Waals surface area contributed by atoms with Gasteiger partial charge in [0.2, 0.25) is 0 Å². The van der Waals surface area contributed by atoms with Gasteiger partial charge >= 0.3 is 0 Å². The molecule has 0 saturated carbocycles. The summed E-state index contributed by atoms with van der Waals surface area (Å²) >= 11 is 0. The van der Waals surface area contributed by atoms with Crippen LogP contribution >= 0.6 is 0 Å². The Hall–Kier alpha value is -4.30. The second-order valence-corrected chi connectivity index (χ2v) is 25.0. The van der Waals surface area contributed by atoms with Gasteiger partial charge in [-0.3, -0.25) is 0 Å². The summed E-state index contributed by atoms with van der Waals surface area (Å²) in [6.07, 6.45) is 3.46. The van der Waals surface area contributed by atoms with Crippen LogP contribution in [0.1, 0.15) is 196 Å². The molecule has 2 aliphatic heterocycles. The van der Waals surface area contributed by atoms with Crippen LogP contribution < -0.4 is 9.80 Å². The molecule has 312 valence electrons. The third-order valence-corrected chi connectivity index (χ3v) is 16.1. The van der Waals surface area contributed by atoms with Crippen molar-refractivity contribution in [1.29, 1.82) is 0 Å². The number of benzene rings is 5. The lowest BCUT2D eigenvalue weighted by Crippen LogP contribution is -2.31. The maximum Gasteiger partial charge on any atom is 0.0527 e. The van der Waals surface area contributed by atoms with Crippen molar-refractivity contribution in [3.05, 3.63) is 140 Å². The Bertz CT molecular complexity index is 2700. The van der Waals surface area contributed by atoms with E-state index in [0.29, 0.717) is 0 Å². The molecule has 0 aromatic heterocycles.